The van der Waals surface area contributed by atoms with Crippen LogP contribution in [0, 0.1) is 17.2 Å². The van der Waals surface area contributed by atoms with Crippen LogP contribution in [-0.2, 0) is 14.3 Å². The number of rotatable bonds is 2. The lowest BCUT2D eigenvalue weighted by molar-refractivity contribution is -0.137. The minimum Gasteiger partial charge on any atom is -0.466 e. The molecule has 1 N–H and O–H groups in total. The largest absolute Gasteiger partial charge is 0.466 e. The van der Waals surface area contributed by atoms with E-state index in [9.17, 15) is 14.9 Å². The number of carbonyl (C=O) groups is 2. The summed E-state index contributed by atoms with van der Waals surface area (Å²) in [4.78, 5) is 23.9. The molecule has 0 bridgehead atoms. The molecule has 1 aliphatic rings. The number of carbonyl (C=O) groups excluding carboxylic acids is 2. The van der Waals surface area contributed by atoms with Gasteiger partial charge in [-0.25, -0.2) is 4.79 Å². The molecule has 0 saturated heterocycles. The van der Waals surface area contributed by atoms with E-state index >= 15 is 0 Å². The monoisotopic (exact) mass is 270 g/mol. The quantitative estimate of drug-likeness (QED) is 0.826. The Hall–Kier alpha value is -2.61. The Balaban J connectivity index is 2.61. The lowest BCUT2D eigenvalue weighted by Gasteiger charge is -2.29. The number of nitrogens with zero attached hydrogens (tertiary/aromatic N) is 1. The number of amides is 1. The van der Waals surface area contributed by atoms with Crippen LogP contribution in [0.3, 0.4) is 0 Å². The van der Waals surface area contributed by atoms with Crippen LogP contribution >= 0.6 is 0 Å². The molecule has 0 spiro atoms. The average Bonchev–Trinajstić information content (AvgIpc) is 2.46. The Labute approximate surface area is 116 Å². The number of methoxy groups -OCH3 is 1. The molecule has 0 aromatic heterocycles. The van der Waals surface area contributed by atoms with Gasteiger partial charge in [0, 0.05) is 11.6 Å². The van der Waals surface area contributed by atoms with E-state index in [1.54, 1.807) is 31.2 Å². The zero-order valence-electron chi connectivity index (χ0n) is 11.2. The van der Waals surface area contributed by atoms with Crippen molar-refractivity contribution in [1.29, 1.82) is 5.26 Å². The highest BCUT2D eigenvalue weighted by Crippen LogP contribution is 2.37. The van der Waals surface area contributed by atoms with Crippen molar-refractivity contribution in [2.75, 3.05) is 7.11 Å². The second-order valence-corrected chi connectivity index (χ2v) is 4.51. The van der Waals surface area contributed by atoms with Gasteiger partial charge in [0.15, 0.2) is 0 Å². The van der Waals surface area contributed by atoms with Crippen LogP contribution in [0.25, 0.3) is 0 Å². The molecule has 0 radical (unpaired) electrons. The van der Waals surface area contributed by atoms with Gasteiger partial charge in [0.25, 0.3) is 0 Å². The van der Waals surface area contributed by atoms with Crippen molar-refractivity contribution < 1.29 is 14.3 Å². The van der Waals surface area contributed by atoms with Gasteiger partial charge in [0.2, 0.25) is 5.91 Å². The molecule has 20 heavy (non-hydrogen) atoms. The number of ether oxygens (including phenoxy) is 1. The fourth-order valence-corrected chi connectivity index (χ4v) is 2.42. The molecule has 1 heterocycles. The van der Waals surface area contributed by atoms with E-state index in [1.807, 2.05) is 12.1 Å². The Morgan fingerprint density at radius 2 is 2.00 bits per heavy atom. The molecule has 102 valence electrons. The van der Waals surface area contributed by atoms with E-state index in [4.69, 9.17) is 4.74 Å². The highest BCUT2D eigenvalue weighted by atomic mass is 16.5. The van der Waals surface area contributed by atoms with Gasteiger partial charge >= 0.3 is 5.97 Å². The van der Waals surface area contributed by atoms with E-state index in [2.05, 4.69) is 5.32 Å². The Bertz CT molecular complexity index is 614. The zero-order chi connectivity index (χ0) is 14.7. The molecule has 2 rings (SSSR count). The normalized spacial score (nSPS) is 21.9. The Kier molecular flexibility index (Phi) is 3.85. The summed E-state index contributed by atoms with van der Waals surface area (Å²) in [6, 6.07) is 11.0. The number of hydrogen-bond donors (Lipinski definition) is 1. The highest BCUT2D eigenvalue weighted by molar-refractivity contribution is 5.97. The number of nitriles is 1. The fraction of sp³-hybridized carbons (Fsp3) is 0.267. The van der Waals surface area contributed by atoms with Crippen LogP contribution in [0.2, 0.25) is 0 Å². The third kappa shape index (κ3) is 2.28. The summed E-state index contributed by atoms with van der Waals surface area (Å²) in [5, 5.41) is 11.8. The van der Waals surface area contributed by atoms with E-state index in [0.29, 0.717) is 11.3 Å². The minimum absolute atomic E-state index is 0.324. The Morgan fingerprint density at radius 1 is 1.35 bits per heavy atom. The van der Waals surface area contributed by atoms with Crippen molar-refractivity contribution >= 4 is 11.9 Å². The van der Waals surface area contributed by atoms with Crippen molar-refractivity contribution in [2.45, 2.75) is 12.8 Å². The summed E-state index contributed by atoms with van der Waals surface area (Å²) < 4.78 is 4.78. The summed E-state index contributed by atoms with van der Waals surface area (Å²) in [5.74, 6) is -2.49. The molecule has 5 heteroatoms. The SMILES string of the molecule is COC(=O)C1=C(C)NC(=O)C(C#N)C1c1ccccc1. The van der Waals surface area contributed by atoms with E-state index in [1.165, 1.54) is 7.11 Å². The number of hydrogen-bond acceptors (Lipinski definition) is 4. The lowest BCUT2D eigenvalue weighted by atomic mass is 9.77. The molecule has 0 saturated carbocycles. The first kappa shape index (κ1) is 13.8. The molecule has 1 aromatic rings. The second kappa shape index (κ2) is 5.57. The number of benzene rings is 1. The van der Waals surface area contributed by atoms with Crippen LogP contribution in [-0.4, -0.2) is 19.0 Å². The van der Waals surface area contributed by atoms with Crippen LogP contribution in [0.4, 0.5) is 0 Å². The van der Waals surface area contributed by atoms with Crippen LogP contribution < -0.4 is 5.32 Å². The molecule has 5 nitrogen and oxygen atoms in total. The molecule has 0 aliphatic carbocycles. The molecule has 1 aliphatic heterocycles. The van der Waals surface area contributed by atoms with Gasteiger partial charge in [0.1, 0.15) is 5.92 Å². The molecular weight excluding hydrogens is 256 g/mol. The molecule has 0 fully saturated rings. The topological polar surface area (TPSA) is 79.2 Å². The summed E-state index contributed by atoms with van der Waals surface area (Å²) in [6.07, 6.45) is 0. The van der Waals surface area contributed by atoms with Crippen LogP contribution in [0.15, 0.2) is 41.6 Å². The van der Waals surface area contributed by atoms with Crippen molar-refractivity contribution in [3.05, 3.63) is 47.2 Å². The first-order valence-corrected chi connectivity index (χ1v) is 6.14. The maximum absolute atomic E-state index is 12.0. The predicted molar refractivity (Wildman–Crippen MR) is 71.1 cm³/mol. The fourth-order valence-electron chi connectivity index (χ4n) is 2.42. The van der Waals surface area contributed by atoms with Gasteiger partial charge in [-0.05, 0) is 12.5 Å². The average molecular weight is 270 g/mol. The first-order chi connectivity index (χ1) is 9.60. The number of nitrogens with one attached hydrogen (secondary N) is 1. The maximum Gasteiger partial charge on any atom is 0.336 e. The van der Waals surface area contributed by atoms with Crippen molar-refractivity contribution in [3.63, 3.8) is 0 Å². The van der Waals surface area contributed by atoms with Crippen molar-refractivity contribution in [3.8, 4) is 6.07 Å². The van der Waals surface area contributed by atoms with Gasteiger partial charge < -0.3 is 10.1 Å². The first-order valence-electron chi connectivity index (χ1n) is 6.14. The minimum atomic E-state index is -0.949. The van der Waals surface area contributed by atoms with Gasteiger partial charge in [-0.3, -0.25) is 4.79 Å². The number of allylic oxidation sites excluding steroid dienone is 1. The van der Waals surface area contributed by atoms with Gasteiger partial charge in [-0.15, -0.1) is 0 Å². The van der Waals surface area contributed by atoms with Crippen LogP contribution in [0.5, 0.6) is 0 Å². The van der Waals surface area contributed by atoms with Gasteiger partial charge in [0.05, 0.1) is 18.8 Å². The third-order valence-corrected chi connectivity index (χ3v) is 3.34. The summed E-state index contributed by atoms with van der Waals surface area (Å²) >= 11 is 0. The highest BCUT2D eigenvalue weighted by Gasteiger charge is 2.40. The zero-order valence-corrected chi connectivity index (χ0v) is 11.2. The molecule has 1 amide bonds. The van der Waals surface area contributed by atoms with E-state index in [-0.39, 0.29) is 0 Å². The van der Waals surface area contributed by atoms with E-state index < -0.39 is 23.7 Å². The molecule has 1 aromatic carbocycles. The maximum atomic E-state index is 12.0. The second-order valence-electron chi connectivity index (χ2n) is 4.51. The smallest absolute Gasteiger partial charge is 0.336 e. The lowest BCUT2D eigenvalue weighted by Crippen LogP contribution is -2.41. The van der Waals surface area contributed by atoms with Crippen molar-refractivity contribution in [1.82, 2.24) is 5.32 Å². The van der Waals surface area contributed by atoms with Gasteiger partial charge in [-0.2, -0.15) is 5.26 Å². The Morgan fingerprint density at radius 3 is 2.55 bits per heavy atom. The molecule has 2 atom stereocenters. The predicted octanol–water partition coefficient (Wildman–Crippen LogP) is 1.49. The van der Waals surface area contributed by atoms with Crippen LogP contribution in [0.1, 0.15) is 18.4 Å². The van der Waals surface area contributed by atoms with Crippen molar-refractivity contribution in [2.24, 2.45) is 5.92 Å². The molecule has 2 unspecified atom stereocenters. The summed E-state index contributed by atoms with van der Waals surface area (Å²) in [6.45, 7) is 1.63. The van der Waals surface area contributed by atoms with E-state index in [0.717, 1.165) is 5.56 Å². The number of esters is 1. The third-order valence-electron chi connectivity index (χ3n) is 3.34. The standard InChI is InChI=1S/C15H14N2O3/c1-9-12(15(19)20-2)13(10-6-4-3-5-7-10)11(8-16)14(18)17-9/h3-7,11,13H,1-2H3,(H,17,18). The molecular formula is C15H14N2O3. The van der Waals surface area contributed by atoms with Gasteiger partial charge in [-0.1, -0.05) is 30.3 Å². The summed E-state index contributed by atoms with van der Waals surface area (Å²) in [5.41, 5.74) is 1.50. The summed E-state index contributed by atoms with van der Waals surface area (Å²) in [7, 11) is 1.28.